The summed E-state index contributed by atoms with van der Waals surface area (Å²) >= 11 is 6.15. The van der Waals surface area contributed by atoms with Crippen LogP contribution in [0.1, 0.15) is 42.0 Å². The number of nitrogens with one attached hydrogen (secondary N) is 1. The third-order valence-electron chi connectivity index (χ3n) is 5.21. The predicted molar refractivity (Wildman–Crippen MR) is 123 cm³/mol. The van der Waals surface area contributed by atoms with Crippen molar-refractivity contribution in [2.75, 3.05) is 0 Å². The van der Waals surface area contributed by atoms with Crippen LogP contribution in [0, 0.1) is 25.2 Å². The standard InChI is InChI=1S/C24H24ClN3O2S/c1-17-16-27-14-12-21(17)19-7-5-8-20(15-19)23(10-3-4-13-26)28-31(29,30)24-11-6-9-22(25)18(24)2/h5-9,11-12,14-16,23,28H,3-4,10H2,1-2H3/t23-/m0/s1. The van der Waals surface area contributed by atoms with Gasteiger partial charge in [0.25, 0.3) is 0 Å². The number of unbranched alkanes of at least 4 members (excludes halogenated alkanes) is 1. The molecule has 1 N–H and O–H groups in total. The number of hydrogen-bond donors (Lipinski definition) is 1. The number of halogens is 1. The molecule has 0 bridgehead atoms. The van der Waals surface area contributed by atoms with Crippen LogP contribution in [0.15, 0.2) is 65.8 Å². The molecule has 0 aliphatic rings. The highest BCUT2D eigenvalue weighted by molar-refractivity contribution is 7.89. The van der Waals surface area contributed by atoms with Gasteiger partial charge in [-0.15, -0.1) is 0 Å². The van der Waals surface area contributed by atoms with Gasteiger partial charge in [0.05, 0.1) is 11.0 Å². The molecular formula is C24H24ClN3O2S. The van der Waals surface area contributed by atoms with Gasteiger partial charge in [-0.3, -0.25) is 4.98 Å². The molecule has 0 aliphatic carbocycles. The van der Waals surface area contributed by atoms with E-state index >= 15 is 0 Å². The van der Waals surface area contributed by atoms with Crippen molar-refractivity contribution >= 4 is 21.6 Å². The summed E-state index contributed by atoms with van der Waals surface area (Å²) in [5.41, 5.74) is 4.42. The summed E-state index contributed by atoms with van der Waals surface area (Å²) in [6.07, 6.45) is 4.99. The highest BCUT2D eigenvalue weighted by Gasteiger charge is 2.24. The second-order valence-corrected chi connectivity index (χ2v) is 9.49. The summed E-state index contributed by atoms with van der Waals surface area (Å²) in [5, 5.41) is 9.34. The minimum atomic E-state index is -3.81. The Labute approximate surface area is 188 Å². The van der Waals surface area contributed by atoms with Gasteiger partial charge < -0.3 is 0 Å². The first kappa shape index (κ1) is 23.0. The fourth-order valence-electron chi connectivity index (χ4n) is 3.53. The summed E-state index contributed by atoms with van der Waals surface area (Å²) in [4.78, 5) is 4.30. The Morgan fingerprint density at radius 3 is 2.68 bits per heavy atom. The Morgan fingerprint density at radius 1 is 1.16 bits per heavy atom. The number of aryl methyl sites for hydroxylation is 1. The minimum Gasteiger partial charge on any atom is -0.264 e. The molecule has 0 unspecified atom stereocenters. The summed E-state index contributed by atoms with van der Waals surface area (Å²) < 4.78 is 29.2. The first-order valence-corrected chi connectivity index (χ1v) is 11.8. The Kier molecular flexibility index (Phi) is 7.45. The van der Waals surface area contributed by atoms with Crippen LogP contribution < -0.4 is 4.72 Å². The highest BCUT2D eigenvalue weighted by Crippen LogP contribution is 2.30. The maximum atomic E-state index is 13.2. The van der Waals surface area contributed by atoms with E-state index in [0.717, 1.165) is 22.3 Å². The third kappa shape index (κ3) is 5.50. The molecule has 3 rings (SSSR count). The molecule has 0 spiro atoms. The van der Waals surface area contributed by atoms with Crippen LogP contribution in [-0.2, 0) is 10.0 Å². The van der Waals surface area contributed by atoms with Gasteiger partial charge in [0.1, 0.15) is 0 Å². The summed E-state index contributed by atoms with van der Waals surface area (Å²) in [6, 6.07) is 16.3. The van der Waals surface area contributed by atoms with Crippen molar-refractivity contribution in [2.24, 2.45) is 0 Å². The molecule has 160 valence electrons. The Bertz CT molecular complexity index is 1220. The SMILES string of the molecule is Cc1cnccc1-c1cccc([C@H](CCCC#N)NS(=O)(=O)c2cccc(Cl)c2C)c1. The number of nitrogens with zero attached hydrogens (tertiary/aromatic N) is 2. The van der Waals surface area contributed by atoms with E-state index in [1.165, 1.54) is 0 Å². The average molecular weight is 454 g/mol. The lowest BCUT2D eigenvalue weighted by Crippen LogP contribution is -2.29. The molecule has 1 aromatic heterocycles. The third-order valence-corrected chi connectivity index (χ3v) is 7.23. The molecule has 0 fully saturated rings. The normalized spacial score (nSPS) is 12.3. The number of sulfonamides is 1. The van der Waals surface area contributed by atoms with Gasteiger partial charge in [-0.1, -0.05) is 35.9 Å². The summed E-state index contributed by atoms with van der Waals surface area (Å²) in [6.45, 7) is 3.68. The van der Waals surface area contributed by atoms with E-state index in [1.54, 1.807) is 37.5 Å². The van der Waals surface area contributed by atoms with E-state index < -0.39 is 16.1 Å². The fraction of sp³-hybridized carbons (Fsp3) is 0.250. The zero-order chi connectivity index (χ0) is 22.4. The number of nitriles is 1. The van der Waals surface area contributed by atoms with Gasteiger partial charge >= 0.3 is 0 Å². The first-order valence-electron chi connectivity index (χ1n) is 9.99. The second-order valence-electron chi connectivity index (χ2n) is 7.40. The van der Waals surface area contributed by atoms with Crippen LogP contribution >= 0.6 is 11.6 Å². The van der Waals surface area contributed by atoms with E-state index in [2.05, 4.69) is 15.8 Å². The summed E-state index contributed by atoms with van der Waals surface area (Å²) in [5.74, 6) is 0. The lowest BCUT2D eigenvalue weighted by molar-refractivity contribution is 0.530. The van der Waals surface area contributed by atoms with Crippen molar-refractivity contribution in [1.82, 2.24) is 9.71 Å². The van der Waals surface area contributed by atoms with E-state index in [1.807, 2.05) is 37.3 Å². The Balaban J connectivity index is 1.98. The van der Waals surface area contributed by atoms with Crippen LogP contribution in [0.5, 0.6) is 0 Å². The number of aromatic nitrogens is 1. The van der Waals surface area contributed by atoms with Crippen molar-refractivity contribution in [2.45, 2.75) is 44.0 Å². The maximum absolute atomic E-state index is 13.2. The van der Waals surface area contributed by atoms with Gasteiger partial charge in [-0.25, -0.2) is 13.1 Å². The van der Waals surface area contributed by atoms with Gasteiger partial charge in [0.15, 0.2) is 0 Å². The van der Waals surface area contributed by atoms with Crippen molar-refractivity contribution < 1.29 is 8.42 Å². The van der Waals surface area contributed by atoms with Crippen LogP contribution in [0.25, 0.3) is 11.1 Å². The molecule has 1 heterocycles. The van der Waals surface area contributed by atoms with Crippen LogP contribution in [0.3, 0.4) is 0 Å². The zero-order valence-corrected chi connectivity index (χ0v) is 19.0. The highest BCUT2D eigenvalue weighted by atomic mass is 35.5. The van der Waals surface area contributed by atoms with E-state index in [9.17, 15) is 8.42 Å². The lowest BCUT2D eigenvalue weighted by atomic mass is 9.96. The lowest BCUT2D eigenvalue weighted by Gasteiger charge is -2.21. The van der Waals surface area contributed by atoms with Gasteiger partial charge in [-0.05, 0) is 78.8 Å². The van der Waals surface area contributed by atoms with E-state index in [-0.39, 0.29) is 4.90 Å². The first-order chi connectivity index (χ1) is 14.8. The minimum absolute atomic E-state index is 0.159. The monoisotopic (exact) mass is 453 g/mol. The molecule has 0 saturated heterocycles. The van der Waals surface area contributed by atoms with E-state index in [0.29, 0.717) is 29.8 Å². The number of benzene rings is 2. The fourth-order valence-corrected chi connectivity index (χ4v) is 5.29. The smallest absolute Gasteiger partial charge is 0.241 e. The molecule has 31 heavy (non-hydrogen) atoms. The van der Waals surface area contributed by atoms with Crippen LogP contribution in [-0.4, -0.2) is 13.4 Å². The molecule has 1 atom stereocenters. The van der Waals surface area contributed by atoms with Crippen molar-refractivity contribution in [1.29, 1.82) is 5.26 Å². The second kappa shape index (κ2) is 10.1. The molecule has 5 nitrogen and oxygen atoms in total. The average Bonchev–Trinajstić information content (AvgIpc) is 2.75. The zero-order valence-electron chi connectivity index (χ0n) is 17.5. The van der Waals surface area contributed by atoms with Gasteiger partial charge in [-0.2, -0.15) is 5.26 Å². The van der Waals surface area contributed by atoms with Crippen LogP contribution in [0.2, 0.25) is 5.02 Å². The van der Waals surface area contributed by atoms with Crippen molar-refractivity contribution in [3.63, 3.8) is 0 Å². The Hall–Kier alpha value is -2.72. The molecule has 0 radical (unpaired) electrons. The molecule has 0 aliphatic heterocycles. The number of pyridine rings is 1. The number of hydrogen-bond acceptors (Lipinski definition) is 4. The maximum Gasteiger partial charge on any atom is 0.241 e. The molecule has 0 saturated carbocycles. The summed E-state index contributed by atoms with van der Waals surface area (Å²) in [7, 11) is -3.81. The molecule has 0 amide bonds. The topological polar surface area (TPSA) is 82.8 Å². The Morgan fingerprint density at radius 2 is 1.94 bits per heavy atom. The molecule has 2 aromatic carbocycles. The predicted octanol–water partition coefficient (Wildman–Crippen LogP) is 5.73. The van der Waals surface area contributed by atoms with Crippen molar-refractivity contribution in [3.8, 4) is 17.2 Å². The molecular weight excluding hydrogens is 430 g/mol. The largest absolute Gasteiger partial charge is 0.264 e. The molecule has 3 aromatic rings. The number of rotatable bonds is 8. The van der Waals surface area contributed by atoms with Gasteiger partial charge in [0.2, 0.25) is 10.0 Å². The van der Waals surface area contributed by atoms with Crippen molar-refractivity contribution in [3.05, 3.63) is 82.6 Å². The quantitative estimate of drug-likeness (QED) is 0.441. The van der Waals surface area contributed by atoms with E-state index in [4.69, 9.17) is 16.9 Å². The molecule has 7 heteroatoms. The van der Waals surface area contributed by atoms with Gasteiger partial charge in [0, 0.05) is 29.9 Å². The van der Waals surface area contributed by atoms with Crippen LogP contribution in [0.4, 0.5) is 0 Å².